The van der Waals surface area contributed by atoms with Gasteiger partial charge in [-0.2, -0.15) is 0 Å². The van der Waals surface area contributed by atoms with E-state index in [1.54, 1.807) is 18.2 Å². The molecular weight excluding hydrogens is 245 g/mol. The molecule has 1 aromatic carbocycles. The molecule has 2 heterocycles. The zero-order chi connectivity index (χ0) is 13.4. The van der Waals surface area contributed by atoms with E-state index >= 15 is 0 Å². The van der Waals surface area contributed by atoms with Crippen LogP contribution in [0.2, 0.25) is 0 Å². The highest BCUT2D eigenvalue weighted by atomic mass is 19.1. The van der Waals surface area contributed by atoms with E-state index in [1.807, 2.05) is 4.90 Å². The van der Waals surface area contributed by atoms with E-state index < -0.39 is 5.82 Å². The molecule has 3 rings (SSSR count). The van der Waals surface area contributed by atoms with Gasteiger partial charge in [0.2, 0.25) is 0 Å². The summed E-state index contributed by atoms with van der Waals surface area (Å²) in [5.41, 5.74) is 6.21. The van der Waals surface area contributed by atoms with E-state index in [4.69, 9.17) is 5.73 Å². The van der Waals surface area contributed by atoms with Crippen LogP contribution < -0.4 is 11.1 Å². The number of amides is 2. The van der Waals surface area contributed by atoms with Crippen molar-refractivity contribution < 1.29 is 9.18 Å². The Kier molecular flexibility index (Phi) is 3.14. The Morgan fingerprint density at radius 2 is 1.89 bits per heavy atom. The highest BCUT2D eigenvalue weighted by molar-refractivity contribution is 5.90. The Morgan fingerprint density at radius 3 is 2.53 bits per heavy atom. The molecule has 4 nitrogen and oxygen atoms in total. The van der Waals surface area contributed by atoms with Gasteiger partial charge in [-0.1, -0.05) is 12.1 Å². The zero-order valence-corrected chi connectivity index (χ0v) is 10.7. The van der Waals surface area contributed by atoms with Crippen LogP contribution in [-0.2, 0) is 0 Å². The average Bonchev–Trinajstić information content (AvgIpc) is 2.65. The van der Waals surface area contributed by atoms with Gasteiger partial charge in [-0.05, 0) is 37.8 Å². The van der Waals surface area contributed by atoms with Crippen LogP contribution in [0.1, 0.15) is 25.7 Å². The van der Waals surface area contributed by atoms with E-state index in [9.17, 15) is 9.18 Å². The number of halogens is 1. The number of nitrogens with zero attached hydrogens (tertiary/aromatic N) is 1. The van der Waals surface area contributed by atoms with Gasteiger partial charge in [0.05, 0.1) is 5.69 Å². The predicted molar refractivity (Wildman–Crippen MR) is 71.3 cm³/mol. The Hall–Kier alpha value is -1.62. The summed E-state index contributed by atoms with van der Waals surface area (Å²) < 4.78 is 13.5. The maximum Gasteiger partial charge on any atom is 0.322 e. The first-order valence-electron chi connectivity index (χ1n) is 6.74. The minimum Gasteiger partial charge on any atom is -0.328 e. The third-order valence-electron chi connectivity index (χ3n) is 4.12. The minimum atomic E-state index is -0.406. The summed E-state index contributed by atoms with van der Waals surface area (Å²) in [5.74, 6) is -0.406. The summed E-state index contributed by atoms with van der Waals surface area (Å²) in [6.07, 6.45) is 3.70. The molecule has 102 valence electrons. The molecule has 2 aliphatic rings. The van der Waals surface area contributed by atoms with Crippen LogP contribution in [0.5, 0.6) is 0 Å². The molecule has 0 spiro atoms. The fourth-order valence-corrected chi connectivity index (χ4v) is 3.29. The largest absolute Gasteiger partial charge is 0.328 e. The summed E-state index contributed by atoms with van der Waals surface area (Å²) in [4.78, 5) is 14.2. The third kappa shape index (κ3) is 2.30. The number of rotatable bonds is 1. The standard InChI is InChI=1S/C14H18FN3O/c15-12-3-1-2-4-13(12)17-14(19)18-10-5-6-11(18)8-9(16)7-10/h1-4,9-11H,5-8,16H2,(H,17,19). The number of para-hydroxylation sites is 1. The topological polar surface area (TPSA) is 58.4 Å². The van der Waals surface area contributed by atoms with Crippen LogP contribution in [0.4, 0.5) is 14.9 Å². The van der Waals surface area contributed by atoms with Crippen molar-refractivity contribution in [3.8, 4) is 0 Å². The second-order valence-corrected chi connectivity index (χ2v) is 5.43. The number of anilines is 1. The molecular formula is C14H18FN3O. The lowest BCUT2D eigenvalue weighted by Crippen LogP contribution is -2.51. The first-order chi connectivity index (χ1) is 9.15. The third-order valence-corrected chi connectivity index (χ3v) is 4.12. The average molecular weight is 263 g/mol. The van der Waals surface area contributed by atoms with Gasteiger partial charge in [-0.15, -0.1) is 0 Å². The molecule has 0 aliphatic carbocycles. The van der Waals surface area contributed by atoms with E-state index in [0.29, 0.717) is 0 Å². The lowest BCUT2D eigenvalue weighted by molar-refractivity contribution is 0.150. The quantitative estimate of drug-likeness (QED) is 0.817. The number of hydrogen-bond donors (Lipinski definition) is 2. The molecule has 19 heavy (non-hydrogen) atoms. The first kappa shape index (κ1) is 12.4. The number of nitrogens with two attached hydrogens (primary N) is 1. The van der Waals surface area contributed by atoms with Crippen LogP contribution in [0.3, 0.4) is 0 Å². The van der Waals surface area contributed by atoms with E-state index in [1.165, 1.54) is 6.07 Å². The Bertz CT molecular complexity index is 479. The number of urea groups is 1. The van der Waals surface area contributed by atoms with E-state index in [0.717, 1.165) is 25.7 Å². The predicted octanol–water partition coefficient (Wildman–Crippen LogP) is 2.31. The summed E-state index contributed by atoms with van der Waals surface area (Å²) in [6.45, 7) is 0. The zero-order valence-electron chi connectivity index (χ0n) is 10.7. The number of carbonyl (C=O) groups excluding carboxylic acids is 1. The second kappa shape index (κ2) is 4.81. The molecule has 1 aromatic rings. The molecule has 2 atom stereocenters. The molecule has 2 amide bonds. The van der Waals surface area contributed by atoms with E-state index in [2.05, 4.69) is 5.32 Å². The van der Waals surface area contributed by atoms with Crippen LogP contribution in [-0.4, -0.2) is 29.1 Å². The van der Waals surface area contributed by atoms with Crippen molar-refractivity contribution in [2.45, 2.75) is 43.8 Å². The highest BCUT2D eigenvalue weighted by Gasteiger charge is 2.42. The molecule has 0 radical (unpaired) electrons. The SMILES string of the molecule is NC1CC2CCC(C1)N2C(=O)Nc1ccccc1F. The van der Waals surface area contributed by atoms with Gasteiger partial charge in [0.25, 0.3) is 0 Å². The molecule has 5 heteroatoms. The number of piperidine rings is 1. The fraction of sp³-hybridized carbons (Fsp3) is 0.500. The normalized spacial score (nSPS) is 29.4. The number of hydrogen-bond acceptors (Lipinski definition) is 2. The van der Waals surface area contributed by atoms with Gasteiger partial charge in [0.1, 0.15) is 5.82 Å². The monoisotopic (exact) mass is 263 g/mol. The molecule has 2 saturated heterocycles. The van der Waals surface area contributed by atoms with Crippen LogP contribution in [0, 0.1) is 5.82 Å². The maximum absolute atomic E-state index is 13.5. The van der Waals surface area contributed by atoms with Crippen LogP contribution >= 0.6 is 0 Å². The van der Waals surface area contributed by atoms with Crippen molar-refractivity contribution in [2.75, 3.05) is 5.32 Å². The molecule has 3 N–H and O–H groups in total. The van der Waals surface area contributed by atoms with Crippen molar-refractivity contribution in [2.24, 2.45) is 5.73 Å². The fourth-order valence-electron chi connectivity index (χ4n) is 3.29. The maximum atomic E-state index is 13.5. The molecule has 2 bridgehead atoms. The summed E-state index contributed by atoms with van der Waals surface area (Å²) in [7, 11) is 0. The highest BCUT2D eigenvalue weighted by Crippen LogP contribution is 2.35. The molecule has 2 aliphatic heterocycles. The number of benzene rings is 1. The van der Waals surface area contributed by atoms with Gasteiger partial charge >= 0.3 is 6.03 Å². The molecule has 2 fully saturated rings. The Morgan fingerprint density at radius 1 is 1.26 bits per heavy atom. The van der Waals surface area contributed by atoms with Crippen molar-refractivity contribution in [3.63, 3.8) is 0 Å². The summed E-state index contributed by atoms with van der Waals surface area (Å²) >= 11 is 0. The Balaban J connectivity index is 1.73. The smallest absolute Gasteiger partial charge is 0.322 e. The van der Waals surface area contributed by atoms with Gasteiger partial charge in [0.15, 0.2) is 0 Å². The minimum absolute atomic E-state index is 0.190. The molecule has 2 unspecified atom stereocenters. The second-order valence-electron chi connectivity index (χ2n) is 5.43. The van der Waals surface area contributed by atoms with E-state index in [-0.39, 0.29) is 29.8 Å². The lowest BCUT2D eigenvalue weighted by Gasteiger charge is -2.37. The Labute approximate surface area is 111 Å². The van der Waals surface area contributed by atoms with Gasteiger partial charge in [0, 0.05) is 18.1 Å². The van der Waals surface area contributed by atoms with Crippen molar-refractivity contribution in [1.82, 2.24) is 4.90 Å². The van der Waals surface area contributed by atoms with Gasteiger partial charge in [-0.25, -0.2) is 9.18 Å². The van der Waals surface area contributed by atoms with Crippen molar-refractivity contribution in [3.05, 3.63) is 30.1 Å². The number of carbonyl (C=O) groups is 1. The lowest BCUT2D eigenvalue weighted by atomic mass is 9.99. The molecule has 0 saturated carbocycles. The number of fused-ring (bicyclic) bond motifs is 2. The van der Waals surface area contributed by atoms with Crippen LogP contribution in [0.25, 0.3) is 0 Å². The van der Waals surface area contributed by atoms with Crippen LogP contribution in [0.15, 0.2) is 24.3 Å². The van der Waals surface area contributed by atoms with Crippen molar-refractivity contribution in [1.29, 1.82) is 0 Å². The molecule has 0 aromatic heterocycles. The van der Waals surface area contributed by atoms with Gasteiger partial charge < -0.3 is 16.0 Å². The summed E-state index contributed by atoms with van der Waals surface area (Å²) in [6, 6.07) is 6.63. The van der Waals surface area contributed by atoms with Crippen molar-refractivity contribution >= 4 is 11.7 Å². The number of nitrogens with one attached hydrogen (secondary N) is 1. The first-order valence-corrected chi connectivity index (χ1v) is 6.74. The van der Waals surface area contributed by atoms with Gasteiger partial charge in [-0.3, -0.25) is 0 Å². The summed E-state index contributed by atoms with van der Waals surface area (Å²) in [5, 5.41) is 2.67.